The highest BCUT2D eigenvalue weighted by atomic mass is 35.5. The highest BCUT2D eigenvalue weighted by molar-refractivity contribution is 6.53. The third-order valence-electron chi connectivity index (χ3n) is 5.98. The molecule has 190 valence electrons. The monoisotopic (exact) mass is 539 g/mol. The van der Waals surface area contributed by atoms with Gasteiger partial charge in [0.25, 0.3) is 17.7 Å². The average molecular weight is 540 g/mol. The highest BCUT2D eigenvalue weighted by Crippen LogP contribution is 2.33. The summed E-state index contributed by atoms with van der Waals surface area (Å²) in [7, 11) is 0. The van der Waals surface area contributed by atoms with E-state index in [-0.39, 0.29) is 27.3 Å². The highest BCUT2D eigenvalue weighted by Gasteiger charge is 2.39. The molecule has 0 bridgehead atoms. The van der Waals surface area contributed by atoms with Crippen LogP contribution in [0.5, 0.6) is 0 Å². The smallest absolute Gasteiger partial charge is 0.283 e. The normalized spacial score (nSPS) is 13.4. The molecule has 9 heteroatoms. The number of imide groups is 1. The van der Waals surface area contributed by atoms with E-state index in [1.807, 2.05) is 24.3 Å². The first kappa shape index (κ1) is 26.4. The summed E-state index contributed by atoms with van der Waals surface area (Å²) in [6.45, 7) is 3.92. The molecule has 0 atom stereocenters. The number of benzene rings is 3. The second-order valence-corrected chi connectivity index (χ2v) is 9.43. The predicted octanol–water partition coefficient (Wildman–Crippen LogP) is 6.82. The van der Waals surface area contributed by atoms with E-state index in [9.17, 15) is 18.8 Å². The van der Waals surface area contributed by atoms with Crippen molar-refractivity contribution in [1.29, 1.82) is 0 Å². The van der Waals surface area contributed by atoms with Crippen molar-refractivity contribution in [3.05, 3.63) is 98.9 Å². The standard InChI is InChI=1S/C28H24Cl2FN3O3/c1-3-4-5-17-7-10-19(11-8-17)32-26(35)18-9-6-16(2)23(14-18)33-25-24(30)27(36)34(28(25)37)20-12-13-22(31)21(29)15-20/h6-15,33H,3-5H2,1-2H3,(H,32,35). The lowest BCUT2D eigenvalue weighted by Crippen LogP contribution is -2.32. The van der Waals surface area contributed by atoms with Gasteiger partial charge in [0.05, 0.1) is 10.7 Å². The van der Waals surface area contributed by atoms with Crippen LogP contribution in [-0.4, -0.2) is 17.7 Å². The number of unbranched alkanes of at least 4 members (excludes halogenated alkanes) is 1. The summed E-state index contributed by atoms with van der Waals surface area (Å²) in [5.74, 6) is -2.51. The lowest BCUT2D eigenvalue weighted by molar-refractivity contribution is -0.120. The van der Waals surface area contributed by atoms with Gasteiger partial charge in [-0.15, -0.1) is 0 Å². The predicted molar refractivity (Wildman–Crippen MR) is 145 cm³/mol. The van der Waals surface area contributed by atoms with E-state index in [0.717, 1.165) is 35.8 Å². The Kier molecular flexibility index (Phi) is 7.95. The molecule has 0 unspecified atom stereocenters. The Labute approximate surface area is 224 Å². The number of carbonyl (C=O) groups excluding carboxylic acids is 3. The summed E-state index contributed by atoms with van der Waals surface area (Å²) >= 11 is 12.0. The van der Waals surface area contributed by atoms with Crippen LogP contribution >= 0.6 is 23.2 Å². The number of nitrogens with zero attached hydrogens (tertiary/aromatic N) is 1. The summed E-state index contributed by atoms with van der Waals surface area (Å²) < 4.78 is 13.6. The van der Waals surface area contributed by atoms with Crippen molar-refractivity contribution in [2.75, 3.05) is 15.5 Å². The number of halogens is 3. The number of rotatable bonds is 8. The fraction of sp³-hybridized carbons (Fsp3) is 0.179. The molecule has 0 fully saturated rings. The van der Waals surface area contributed by atoms with Crippen molar-refractivity contribution < 1.29 is 18.8 Å². The van der Waals surface area contributed by atoms with Gasteiger partial charge in [-0.25, -0.2) is 9.29 Å². The van der Waals surface area contributed by atoms with Gasteiger partial charge in [0.2, 0.25) is 0 Å². The summed E-state index contributed by atoms with van der Waals surface area (Å²) in [5, 5.41) is 5.20. The first-order chi connectivity index (χ1) is 17.7. The lowest BCUT2D eigenvalue weighted by atomic mass is 10.1. The van der Waals surface area contributed by atoms with Crippen molar-refractivity contribution in [2.45, 2.75) is 33.1 Å². The minimum absolute atomic E-state index is 0.0851. The number of amides is 3. The Balaban J connectivity index is 1.52. The Morgan fingerprint density at radius 1 is 0.973 bits per heavy atom. The average Bonchev–Trinajstić information content (AvgIpc) is 3.09. The second kappa shape index (κ2) is 11.2. The SMILES string of the molecule is CCCCc1ccc(NC(=O)c2ccc(C)c(NC3=C(Cl)C(=O)N(c4ccc(F)c(Cl)c4)C3=O)c2)cc1. The topological polar surface area (TPSA) is 78.5 Å². The minimum atomic E-state index is -0.772. The van der Waals surface area contributed by atoms with Crippen molar-refractivity contribution in [2.24, 2.45) is 0 Å². The molecule has 3 aromatic carbocycles. The zero-order chi connectivity index (χ0) is 26.7. The molecule has 37 heavy (non-hydrogen) atoms. The summed E-state index contributed by atoms with van der Waals surface area (Å²) in [5.41, 5.74) is 3.29. The van der Waals surface area contributed by atoms with E-state index in [4.69, 9.17) is 23.2 Å². The maximum absolute atomic E-state index is 13.6. The largest absolute Gasteiger partial charge is 0.349 e. The maximum atomic E-state index is 13.6. The van der Waals surface area contributed by atoms with Gasteiger partial charge in [-0.2, -0.15) is 0 Å². The van der Waals surface area contributed by atoms with Crippen LogP contribution in [0.2, 0.25) is 5.02 Å². The molecule has 3 amide bonds. The van der Waals surface area contributed by atoms with E-state index in [1.165, 1.54) is 17.7 Å². The van der Waals surface area contributed by atoms with E-state index >= 15 is 0 Å². The number of anilines is 3. The molecule has 6 nitrogen and oxygen atoms in total. The summed E-state index contributed by atoms with van der Waals surface area (Å²) in [6.07, 6.45) is 3.21. The van der Waals surface area contributed by atoms with Gasteiger partial charge in [-0.05, 0) is 73.4 Å². The molecule has 3 aromatic rings. The van der Waals surface area contributed by atoms with E-state index < -0.39 is 17.6 Å². The molecule has 2 N–H and O–H groups in total. The van der Waals surface area contributed by atoms with E-state index in [0.29, 0.717) is 16.9 Å². The molecule has 0 aromatic heterocycles. The molecular weight excluding hydrogens is 516 g/mol. The van der Waals surface area contributed by atoms with Crippen LogP contribution in [-0.2, 0) is 16.0 Å². The van der Waals surface area contributed by atoms with Gasteiger partial charge in [0, 0.05) is 16.9 Å². The van der Waals surface area contributed by atoms with Crippen LogP contribution in [0.15, 0.2) is 71.4 Å². The molecule has 1 heterocycles. The van der Waals surface area contributed by atoms with Gasteiger partial charge in [-0.1, -0.05) is 54.7 Å². The molecule has 0 saturated heterocycles. The number of hydrogen-bond donors (Lipinski definition) is 2. The van der Waals surface area contributed by atoms with Crippen molar-refractivity contribution >= 4 is 58.0 Å². The van der Waals surface area contributed by atoms with Gasteiger partial charge < -0.3 is 10.6 Å². The Bertz CT molecular complexity index is 1420. The molecule has 0 aliphatic carbocycles. The van der Waals surface area contributed by atoms with E-state index in [2.05, 4.69) is 17.6 Å². The molecule has 1 aliphatic heterocycles. The molecule has 0 spiro atoms. The number of nitrogens with one attached hydrogen (secondary N) is 2. The van der Waals surface area contributed by atoms with Crippen LogP contribution in [0.25, 0.3) is 0 Å². The Morgan fingerprint density at radius 3 is 2.38 bits per heavy atom. The quantitative estimate of drug-likeness (QED) is 0.308. The molecule has 4 rings (SSSR count). The zero-order valence-corrected chi connectivity index (χ0v) is 21.7. The number of hydrogen-bond acceptors (Lipinski definition) is 4. The second-order valence-electron chi connectivity index (χ2n) is 8.64. The molecule has 0 radical (unpaired) electrons. The minimum Gasteiger partial charge on any atom is -0.349 e. The van der Waals surface area contributed by atoms with Crippen LogP contribution in [0.3, 0.4) is 0 Å². The third-order valence-corrected chi connectivity index (χ3v) is 6.62. The fourth-order valence-electron chi connectivity index (χ4n) is 3.84. The van der Waals surface area contributed by atoms with Crippen LogP contribution in [0, 0.1) is 12.7 Å². The summed E-state index contributed by atoms with van der Waals surface area (Å²) in [4.78, 5) is 39.5. The van der Waals surface area contributed by atoms with Crippen molar-refractivity contribution in [3.8, 4) is 0 Å². The van der Waals surface area contributed by atoms with Gasteiger partial charge >= 0.3 is 0 Å². The number of aryl methyl sites for hydroxylation is 2. The van der Waals surface area contributed by atoms with Crippen molar-refractivity contribution in [1.82, 2.24) is 0 Å². The Hall–Kier alpha value is -3.68. The molecular formula is C28H24Cl2FN3O3. The first-order valence-corrected chi connectivity index (χ1v) is 12.5. The fourth-order valence-corrected chi connectivity index (χ4v) is 4.23. The van der Waals surface area contributed by atoms with E-state index in [1.54, 1.807) is 25.1 Å². The van der Waals surface area contributed by atoms with Crippen molar-refractivity contribution in [3.63, 3.8) is 0 Å². The van der Waals surface area contributed by atoms with Crippen LogP contribution in [0.1, 0.15) is 41.3 Å². The molecule has 0 saturated carbocycles. The Morgan fingerprint density at radius 2 is 1.70 bits per heavy atom. The first-order valence-electron chi connectivity index (χ1n) is 11.7. The third kappa shape index (κ3) is 5.68. The van der Waals surface area contributed by atoms with Gasteiger partial charge in [-0.3, -0.25) is 14.4 Å². The van der Waals surface area contributed by atoms with Gasteiger partial charge in [0.1, 0.15) is 16.5 Å². The number of carbonyl (C=O) groups is 3. The zero-order valence-electron chi connectivity index (χ0n) is 20.2. The summed E-state index contributed by atoms with van der Waals surface area (Å²) in [6, 6.07) is 16.2. The molecule has 1 aliphatic rings. The van der Waals surface area contributed by atoms with Crippen LogP contribution in [0.4, 0.5) is 21.5 Å². The van der Waals surface area contributed by atoms with Crippen LogP contribution < -0.4 is 15.5 Å². The van der Waals surface area contributed by atoms with Gasteiger partial charge in [0.15, 0.2) is 0 Å². The maximum Gasteiger partial charge on any atom is 0.283 e. The lowest BCUT2D eigenvalue weighted by Gasteiger charge is -2.16.